The number of allylic oxidation sites excluding steroid dienone is 2. The van der Waals surface area contributed by atoms with E-state index in [0.29, 0.717) is 5.71 Å². The summed E-state index contributed by atoms with van der Waals surface area (Å²) in [5, 5.41) is 1.77. The Morgan fingerprint density at radius 3 is 3.10 bits per heavy atom. The van der Waals surface area contributed by atoms with E-state index in [-0.39, 0.29) is 0 Å². The molecule has 0 atom stereocenters. The first-order valence-corrected chi connectivity index (χ1v) is 3.51. The van der Waals surface area contributed by atoms with E-state index in [4.69, 9.17) is 5.73 Å². The molecule has 0 radical (unpaired) electrons. The number of hydrogen-bond donors (Lipinski definition) is 1. The van der Waals surface area contributed by atoms with Crippen molar-refractivity contribution >= 4 is 23.6 Å². The maximum Gasteiger partial charge on any atom is 0.268 e. The number of carbonyl (C=O) groups is 1. The Balaban J connectivity index is 2.78. The van der Waals surface area contributed by atoms with Gasteiger partial charge < -0.3 is 5.73 Å². The van der Waals surface area contributed by atoms with Crippen LogP contribution in [-0.2, 0) is 4.79 Å². The summed E-state index contributed by atoms with van der Waals surface area (Å²) in [4.78, 5) is 10.5. The second kappa shape index (κ2) is 3.22. The quantitative estimate of drug-likeness (QED) is 0.563. The molecule has 1 heterocycles. The molecule has 10 heavy (non-hydrogen) atoms. The van der Waals surface area contributed by atoms with Crippen molar-refractivity contribution in [3.63, 3.8) is 0 Å². The van der Waals surface area contributed by atoms with Crippen molar-refractivity contribution in [1.29, 1.82) is 0 Å². The predicted octanol–water partition coefficient (Wildman–Crippen LogP) is 0.644. The molecular formula is C6H6N2OS. The molecule has 0 saturated carbocycles. The fraction of sp³-hybridized carbons (Fsp3) is 0. The Morgan fingerprint density at radius 2 is 2.40 bits per heavy atom. The van der Waals surface area contributed by atoms with Gasteiger partial charge in [-0.05, 0) is 11.5 Å². The van der Waals surface area contributed by atoms with Crippen LogP contribution in [0.5, 0.6) is 0 Å². The number of carbonyl (C=O) groups excluding carboxylic acids is 1. The summed E-state index contributed by atoms with van der Waals surface area (Å²) in [6, 6.07) is 0. The first-order valence-electron chi connectivity index (χ1n) is 2.67. The third-order valence-electron chi connectivity index (χ3n) is 0.908. The van der Waals surface area contributed by atoms with Crippen molar-refractivity contribution in [3.8, 4) is 0 Å². The van der Waals surface area contributed by atoms with Crippen LogP contribution in [0.2, 0.25) is 0 Å². The van der Waals surface area contributed by atoms with Gasteiger partial charge in [-0.3, -0.25) is 4.79 Å². The van der Waals surface area contributed by atoms with E-state index in [1.807, 2.05) is 0 Å². The van der Waals surface area contributed by atoms with Crippen LogP contribution in [0.1, 0.15) is 0 Å². The Hall–Kier alpha value is -1.03. The fourth-order valence-electron chi connectivity index (χ4n) is 0.472. The second-order valence-electron chi connectivity index (χ2n) is 1.63. The van der Waals surface area contributed by atoms with Gasteiger partial charge in [-0.25, -0.2) is 4.40 Å². The Kier molecular flexibility index (Phi) is 2.28. The van der Waals surface area contributed by atoms with Crippen LogP contribution in [0.25, 0.3) is 0 Å². The van der Waals surface area contributed by atoms with Crippen LogP contribution in [0, 0.1) is 0 Å². The minimum atomic E-state index is -0.493. The minimum absolute atomic E-state index is 0.301. The molecule has 0 bridgehead atoms. The monoisotopic (exact) mass is 154 g/mol. The topological polar surface area (TPSA) is 55.5 Å². The van der Waals surface area contributed by atoms with E-state index in [1.165, 1.54) is 11.9 Å². The van der Waals surface area contributed by atoms with E-state index in [0.717, 1.165) is 0 Å². The SMILES string of the molecule is NC(=O)C1=NSC=CC=C1. The number of hydrogen-bond acceptors (Lipinski definition) is 3. The van der Waals surface area contributed by atoms with Crippen LogP contribution >= 0.6 is 11.9 Å². The van der Waals surface area contributed by atoms with Crippen molar-refractivity contribution in [2.45, 2.75) is 0 Å². The zero-order chi connectivity index (χ0) is 7.40. The summed E-state index contributed by atoms with van der Waals surface area (Å²) in [5.41, 5.74) is 5.28. The highest BCUT2D eigenvalue weighted by molar-refractivity contribution is 8.01. The van der Waals surface area contributed by atoms with E-state index >= 15 is 0 Å². The van der Waals surface area contributed by atoms with Gasteiger partial charge >= 0.3 is 0 Å². The first-order chi connectivity index (χ1) is 4.80. The summed E-state index contributed by atoms with van der Waals surface area (Å²) >= 11 is 1.20. The smallest absolute Gasteiger partial charge is 0.268 e. The van der Waals surface area contributed by atoms with Gasteiger partial charge in [0.25, 0.3) is 5.91 Å². The molecule has 1 rings (SSSR count). The molecule has 52 valence electrons. The first kappa shape index (κ1) is 7.08. The maximum absolute atomic E-state index is 10.5. The van der Waals surface area contributed by atoms with E-state index < -0.39 is 5.91 Å². The zero-order valence-corrected chi connectivity index (χ0v) is 5.97. The molecule has 0 spiro atoms. The van der Waals surface area contributed by atoms with Gasteiger partial charge in [0.15, 0.2) is 0 Å². The van der Waals surface area contributed by atoms with Crippen molar-refractivity contribution < 1.29 is 4.79 Å². The van der Waals surface area contributed by atoms with Gasteiger partial charge in [0.1, 0.15) is 5.71 Å². The molecule has 1 aliphatic rings. The van der Waals surface area contributed by atoms with Crippen LogP contribution in [-0.4, -0.2) is 11.6 Å². The minimum Gasteiger partial charge on any atom is -0.364 e. The molecule has 3 nitrogen and oxygen atoms in total. The van der Waals surface area contributed by atoms with Crippen molar-refractivity contribution in [2.75, 3.05) is 0 Å². The van der Waals surface area contributed by atoms with Crippen LogP contribution in [0.4, 0.5) is 0 Å². The van der Waals surface area contributed by atoms with Crippen LogP contribution in [0.15, 0.2) is 28.0 Å². The van der Waals surface area contributed by atoms with Crippen LogP contribution in [0.3, 0.4) is 0 Å². The summed E-state index contributed by atoms with van der Waals surface area (Å²) in [6.07, 6.45) is 5.10. The molecule has 0 aliphatic carbocycles. The Morgan fingerprint density at radius 1 is 1.60 bits per heavy atom. The van der Waals surface area contributed by atoms with E-state index in [9.17, 15) is 4.79 Å². The molecule has 0 fully saturated rings. The number of rotatable bonds is 1. The van der Waals surface area contributed by atoms with Gasteiger partial charge in [0.05, 0.1) is 0 Å². The molecule has 1 aliphatic heterocycles. The lowest BCUT2D eigenvalue weighted by molar-refractivity contribution is -0.111. The molecule has 0 aromatic rings. The lowest BCUT2D eigenvalue weighted by Gasteiger charge is -1.88. The van der Waals surface area contributed by atoms with E-state index in [1.54, 1.807) is 23.6 Å². The Labute approximate surface area is 62.8 Å². The summed E-state index contributed by atoms with van der Waals surface area (Å²) < 4.78 is 3.81. The van der Waals surface area contributed by atoms with Crippen molar-refractivity contribution in [1.82, 2.24) is 0 Å². The van der Waals surface area contributed by atoms with E-state index in [2.05, 4.69) is 4.40 Å². The Bertz CT molecular complexity index is 230. The summed E-state index contributed by atoms with van der Waals surface area (Å²) in [6.45, 7) is 0. The standard InChI is InChI=1S/C6H6N2OS/c7-6(9)5-3-1-2-4-10-8-5/h1-4H,(H2,7,9). The lowest BCUT2D eigenvalue weighted by atomic mass is 10.3. The third kappa shape index (κ3) is 1.73. The van der Waals surface area contributed by atoms with Gasteiger partial charge in [-0.15, -0.1) is 0 Å². The highest BCUT2D eigenvalue weighted by Crippen LogP contribution is 2.07. The second-order valence-corrected chi connectivity index (χ2v) is 2.30. The average Bonchev–Trinajstić information content (AvgIpc) is 2.12. The molecule has 0 unspecified atom stereocenters. The normalized spacial score (nSPS) is 16.2. The summed E-state index contributed by atoms with van der Waals surface area (Å²) in [5.74, 6) is -0.493. The molecule has 1 amide bonds. The van der Waals surface area contributed by atoms with Gasteiger partial charge in [-0.2, -0.15) is 0 Å². The molecule has 0 aromatic heterocycles. The zero-order valence-electron chi connectivity index (χ0n) is 5.15. The largest absolute Gasteiger partial charge is 0.364 e. The third-order valence-corrected chi connectivity index (χ3v) is 1.49. The molecule has 4 heteroatoms. The van der Waals surface area contributed by atoms with Crippen molar-refractivity contribution in [3.05, 3.63) is 23.6 Å². The average molecular weight is 154 g/mol. The number of nitrogens with zero attached hydrogens (tertiary/aromatic N) is 1. The number of nitrogens with two attached hydrogens (primary N) is 1. The lowest BCUT2D eigenvalue weighted by Crippen LogP contribution is -2.20. The van der Waals surface area contributed by atoms with Gasteiger partial charge in [0, 0.05) is 11.9 Å². The molecule has 2 N–H and O–H groups in total. The summed E-state index contributed by atoms with van der Waals surface area (Å²) in [7, 11) is 0. The predicted molar refractivity (Wildman–Crippen MR) is 42.5 cm³/mol. The highest BCUT2D eigenvalue weighted by atomic mass is 32.2. The molecule has 0 aromatic carbocycles. The van der Waals surface area contributed by atoms with Gasteiger partial charge in [0.2, 0.25) is 0 Å². The van der Waals surface area contributed by atoms with Gasteiger partial charge in [-0.1, -0.05) is 12.2 Å². The van der Waals surface area contributed by atoms with Crippen molar-refractivity contribution in [2.24, 2.45) is 10.1 Å². The fourth-order valence-corrected chi connectivity index (χ4v) is 0.958. The van der Waals surface area contributed by atoms with Crippen LogP contribution < -0.4 is 5.73 Å². The number of primary amides is 1. The number of amides is 1. The maximum atomic E-state index is 10.5. The highest BCUT2D eigenvalue weighted by Gasteiger charge is 2.01. The molecule has 0 saturated heterocycles. The molecular weight excluding hydrogens is 148 g/mol.